The van der Waals surface area contributed by atoms with Crippen molar-refractivity contribution in [1.82, 2.24) is 9.97 Å². The Labute approximate surface area is 164 Å². The first kappa shape index (κ1) is 25.4. The molecule has 0 spiro atoms. The van der Waals surface area contributed by atoms with Gasteiger partial charge in [0.25, 0.3) is 0 Å². The Morgan fingerprint density at radius 3 is 2.04 bits per heavy atom. The molecule has 1 heterocycles. The number of carboxylic acid groups (broad SMARTS) is 1. The second-order valence-electron chi connectivity index (χ2n) is 4.39. The number of aliphatic carboxylic acids is 1. The predicted octanol–water partition coefficient (Wildman–Crippen LogP) is 0.183. The molecule has 2 N–H and O–H groups in total. The molecule has 134 valence electrons. The van der Waals surface area contributed by atoms with E-state index in [1.165, 1.54) is 0 Å². The van der Waals surface area contributed by atoms with E-state index in [9.17, 15) is 5.11 Å². The molecule has 0 aliphatic heterocycles. The third-order valence-electron chi connectivity index (χ3n) is 2.39. The van der Waals surface area contributed by atoms with Gasteiger partial charge in [-0.3, -0.25) is 0 Å². The average molecular weight is 411 g/mol. The van der Waals surface area contributed by atoms with Gasteiger partial charge >= 0.3 is 19.5 Å². The van der Waals surface area contributed by atoms with Crippen LogP contribution < -0.4 is 10.2 Å². The first-order valence-corrected chi connectivity index (χ1v) is 7.02. The minimum atomic E-state index is -1.08. The smallest absolute Gasteiger partial charge is 0.857 e. The molecule has 0 saturated carbocycles. The molecule has 0 bridgehead atoms. The van der Waals surface area contributed by atoms with Crippen LogP contribution in [0.1, 0.15) is 26.3 Å². The van der Waals surface area contributed by atoms with Gasteiger partial charge in [0.2, 0.25) is 0 Å². The summed E-state index contributed by atoms with van der Waals surface area (Å²) in [6.07, 6.45) is 5.08. The van der Waals surface area contributed by atoms with Crippen LogP contribution in [0.4, 0.5) is 0 Å². The van der Waals surface area contributed by atoms with Gasteiger partial charge in [0.1, 0.15) is 0 Å². The topological polar surface area (TPSA) is 149 Å². The Balaban J connectivity index is 0. The number of carbonyl (C=O) groups excluding carboxylic acids is 1. The number of H-pyrrole nitrogens is 1. The van der Waals surface area contributed by atoms with E-state index < -0.39 is 11.9 Å². The van der Waals surface area contributed by atoms with Gasteiger partial charge in [0.15, 0.2) is 0 Å². The first-order chi connectivity index (χ1) is 11.9. The van der Waals surface area contributed by atoms with Crippen LogP contribution in [-0.4, -0.2) is 38.5 Å². The summed E-state index contributed by atoms with van der Waals surface area (Å²) in [5, 5.41) is 39.0. The molecule has 0 fully saturated rings. The van der Waals surface area contributed by atoms with Crippen molar-refractivity contribution in [2.45, 2.75) is 20.8 Å². The molecule has 0 atom stereocenters. The van der Waals surface area contributed by atoms with Crippen LogP contribution in [0.3, 0.4) is 0 Å². The molecule has 1 aromatic heterocycles. The second-order valence-corrected chi connectivity index (χ2v) is 4.39. The number of hydrogen-bond donors (Lipinski definition) is 2. The Hall–Kier alpha value is -2.87. The van der Waals surface area contributed by atoms with E-state index in [1.807, 2.05) is 6.07 Å². The van der Waals surface area contributed by atoms with Crippen molar-refractivity contribution in [2.75, 3.05) is 0 Å². The number of aromatic nitrogens is 2. The third-order valence-corrected chi connectivity index (χ3v) is 2.39. The standard InChI is InChI=1S/C11H13N3O2.C3H4N2.C2H4O2.Zn/c1-8(9(2)14-16)12-13-11(15)10-6-4-3-5-7-10;1-2-5-3-4-1;1-2(3)4;/h3-7,16H,1-2H3,(H,13,15);1-3H,(H,4,5);1H3,(H,3,4);/q;;;+2/p-2/b12-8+,14-9+;;;. The van der Waals surface area contributed by atoms with Crippen molar-refractivity contribution in [3.63, 3.8) is 0 Å². The molecule has 2 rings (SSSR count). The number of oxime groups is 1. The van der Waals surface area contributed by atoms with Crippen molar-refractivity contribution >= 4 is 23.3 Å². The van der Waals surface area contributed by atoms with E-state index in [-0.39, 0.29) is 19.5 Å². The van der Waals surface area contributed by atoms with E-state index in [0.717, 1.165) is 6.92 Å². The summed E-state index contributed by atoms with van der Waals surface area (Å²) < 4.78 is 0. The Bertz CT molecular complexity index is 679. The predicted molar refractivity (Wildman–Crippen MR) is 90.3 cm³/mol. The SMILES string of the molecule is CC(=N\O)/C(C)=N/N=C(\[O-])c1ccccc1.CC(=O)[O-].[Zn+2].c1c[nH]cn1. The molecule has 1 aromatic carbocycles. The van der Waals surface area contributed by atoms with E-state index in [2.05, 4.69) is 25.3 Å². The number of nitrogens with zero attached hydrogens (tertiary/aromatic N) is 4. The molecule has 0 radical (unpaired) electrons. The molecule has 10 heteroatoms. The minimum absolute atomic E-state index is 0. The number of hydrogen-bond acceptors (Lipinski definition) is 8. The maximum atomic E-state index is 11.5. The summed E-state index contributed by atoms with van der Waals surface area (Å²) >= 11 is 0. The van der Waals surface area contributed by atoms with Gasteiger partial charge in [-0.15, -0.1) is 0 Å². The summed E-state index contributed by atoms with van der Waals surface area (Å²) in [5.41, 5.74) is 1.19. The van der Waals surface area contributed by atoms with Gasteiger partial charge in [-0.1, -0.05) is 35.5 Å². The zero-order chi connectivity index (χ0) is 19.1. The summed E-state index contributed by atoms with van der Waals surface area (Å²) in [5.74, 6) is -1.51. The molecule has 0 aliphatic rings. The summed E-state index contributed by atoms with van der Waals surface area (Å²) in [4.78, 5) is 15.3. The monoisotopic (exact) mass is 409 g/mol. The quantitative estimate of drug-likeness (QED) is 0.243. The second kappa shape index (κ2) is 15.6. The molecule has 2 aromatic rings. The van der Waals surface area contributed by atoms with Crippen LogP contribution >= 0.6 is 0 Å². The number of aromatic amines is 1. The van der Waals surface area contributed by atoms with Gasteiger partial charge < -0.3 is 25.2 Å². The van der Waals surface area contributed by atoms with Crippen LogP contribution in [0.15, 0.2) is 64.4 Å². The number of carbonyl (C=O) groups is 1. The van der Waals surface area contributed by atoms with E-state index in [0.29, 0.717) is 17.0 Å². The maximum absolute atomic E-state index is 11.5. The van der Waals surface area contributed by atoms with E-state index in [4.69, 9.17) is 15.1 Å². The largest absolute Gasteiger partial charge is 2.00 e. The molecule has 0 saturated heterocycles. The van der Waals surface area contributed by atoms with Crippen molar-refractivity contribution in [1.29, 1.82) is 0 Å². The van der Waals surface area contributed by atoms with E-state index >= 15 is 0 Å². The maximum Gasteiger partial charge on any atom is 2.00 e. The van der Waals surface area contributed by atoms with Crippen LogP contribution in [0.25, 0.3) is 0 Å². The van der Waals surface area contributed by atoms with Crippen LogP contribution in [0, 0.1) is 0 Å². The molecule has 9 nitrogen and oxygen atoms in total. The van der Waals surface area contributed by atoms with Crippen molar-refractivity contribution in [3.8, 4) is 0 Å². The number of nitrogens with one attached hydrogen (secondary N) is 1. The first-order valence-electron chi connectivity index (χ1n) is 7.02. The number of carboxylic acids is 1. The Morgan fingerprint density at radius 2 is 1.65 bits per heavy atom. The minimum Gasteiger partial charge on any atom is -0.857 e. The van der Waals surface area contributed by atoms with Crippen molar-refractivity contribution in [3.05, 3.63) is 54.6 Å². The molecule has 0 unspecified atom stereocenters. The normalized spacial score (nSPS) is 11.1. The van der Waals surface area contributed by atoms with Gasteiger partial charge in [-0.2, -0.15) is 10.2 Å². The molecule has 0 aliphatic carbocycles. The van der Waals surface area contributed by atoms with Gasteiger partial charge in [-0.05, 0) is 26.3 Å². The van der Waals surface area contributed by atoms with Crippen molar-refractivity contribution < 1.29 is 39.7 Å². The summed E-state index contributed by atoms with van der Waals surface area (Å²) in [6, 6.07) is 8.63. The summed E-state index contributed by atoms with van der Waals surface area (Å²) in [7, 11) is 0. The molecule has 26 heavy (non-hydrogen) atoms. The Morgan fingerprint density at radius 1 is 1.08 bits per heavy atom. The van der Waals surface area contributed by atoms with Crippen molar-refractivity contribution in [2.24, 2.45) is 15.4 Å². The van der Waals surface area contributed by atoms with Crippen LogP contribution in [0.5, 0.6) is 0 Å². The fraction of sp³-hybridized carbons (Fsp3) is 0.188. The average Bonchev–Trinajstić information content (AvgIpc) is 3.18. The zero-order valence-corrected chi connectivity index (χ0v) is 17.8. The summed E-state index contributed by atoms with van der Waals surface area (Å²) in [6.45, 7) is 4.15. The number of rotatable bonds is 3. The Kier molecular flexibility index (Phi) is 15.3. The van der Waals surface area contributed by atoms with Gasteiger partial charge in [0, 0.05) is 24.3 Å². The third kappa shape index (κ3) is 13.6. The molecular formula is C16H19N5O4Zn. The fourth-order valence-electron chi connectivity index (χ4n) is 1.12. The number of imidazole rings is 1. The van der Waals surface area contributed by atoms with Crippen LogP contribution in [0.2, 0.25) is 0 Å². The van der Waals surface area contributed by atoms with Crippen LogP contribution in [-0.2, 0) is 24.3 Å². The molecule has 0 amide bonds. The fourth-order valence-corrected chi connectivity index (χ4v) is 1.12. The zero-order valence-electron chi connectivity index (χ0n) is 14.8. The van der Waals surface area contributed by atoms with E-state index in [1.54, 1.807) is 56.8 Å². The molecular weight excluding hydrogens is 392 g/mol. The van der Waals surface area contributed by atoms with Gasteiger partial charge in [0.05, 0.1) is 17.8 Å². The van der Waals surface area contributed by atoms with Gasteiger partial charge in [-0.25, -0.2) is 4.98 Å². The number of benzene rings is 1.